The maximum Gasteiger partial charge on any atom is 0.237 e. The first-order valence-electron chi connectivity index (χ1n) is 8.25. The van der Waals surface area contributed by atoms with E-state index in [1.54, 1.807) is 19.3 Å². The van der Waals surface area contributed by atoms with Gasteiger partial charge in [-0.3, -0.25) is 9.78 Å². The highest BCUT2D eigenvalue weighted by molar-refractivity contribution is 8.00. The number of thioether (sulfide) groups is 1. The minimum absolute atomic E-state index is 0.0664. The average Bonchev–Trinajstić information content (AvgIpc) is 3.07. The lowest BCUT2D eigenvalue weighted by Gasteiger charge is -2.13. The normalized spacial score (nSPS) is 12.0. The van der Waals surface area contributed by atoms with Crippen LogP contribution in [0.3, 0.4) is 0 Å². The largest absolute Gasteiger partial charge is 0.323 e. The molecule has 0 radical (unpaired) electrons. The number of carbonyl (C=O) groups is 1. The van der Waals surface area contributed by atoms with Crippen LogP contribution >= 0.6 is 11.8 Å². The van der Waals surface area contributed by atoms with Crippen molar-refractivity contribution in [1.29, 1.82) is 0 Å². The molecule has 1 atom stereocenters. The molecule has 0 bridgehead atoms. The van der Waals surface area contributed by atoms with Crippen LogP contribution in [0.5, 0.6) is 0 Å². The Labute approximate surface area is 159 Å². The second-order valence-electron chi connectivity index (χ2n) is 5.66. The smallest absolute Gasteiger partial charge is 0.237 e. The van der Waals surface area contributed by atoms with Gasteiger partial charge < -0.3 is 9.88 Å². The molecule has 0 aliphatic heterocycles. The highest BCUT2D eigenvalue weighted by atomic mass is 32.2. The van der Waals surface area contributed by atoms with Gasteiger partial charge in [0, 0.05) is 30.6 Å². The maximum atomic E-state index is 13.7. The molecule has 0 saturated heterocycles. The van der Waals surface area contributed by atoms with Crippen molar-refractivity contribution in [3.05, 3.63) is 54.4 Å². The second kappa shape index (κ2) is 8.26. The molecule has 0 aliphatic rings. The topological polar surface area (TPSA) is 72.7 Å². The van der Waals surface area contributed by atoms with Gasteiger partial charge in [0.1, 0.15) is 11.6 Å². The number of aromatic nitrogens is 4. The molecule has 2 aromatic heterocycles. The van der Waals surface area contributed by atoms with E-state index < -0.39 is 22.8 Å². The van der Waals surface area contributed by atoms with Crippen LogP contribution in [0.25, 0.3) is 11.4 Å². The van der Waals surface area contributed by atoms with Crippen LogP contribution in [0, 0.1) is 11.6 Å². The van der Waals surface area contributed by atoms with E-state index in [-0.39, 0.29) is 5.69 Å². The highest BCUT2D eigenvalue weighted by Crippen LogP contribution is 2.27. The number of halogens is 2. The van der Waals surface area contributed by atoms with Crippen molar-refractivity contribution >= 4 is 23.4 Å². The van der Waals surface area contributed by atoms with Gasteiger partial charge in [-0.15, -0.1) is 10.2 Å². The Bertz CT molecular complexity index is 948. The maximum absolute atomic E-state index is 13.7. The van der Waals surface area contributed by atoms with E-state index in [0.29, 0.717) is 17.5 Å². The number of anilines is 1. The van der Waals surface area contributed by atoms with E-state index in [0.717, 1.165) is 17.7 Å². The van der Waals surface area contributed by atoms with Crippen molar-refractivity contribution in [2.24, 2.45) is 0 Å². The van der Waals surface area contributed by atoms with E-state index in [2.05, 4.69) is 20.5 Å². The summed E-state index contributed by atoms with van der Waals surface area (Å²) < 4.78 is 28.6. The van der Waals surface area contributed by atoms with Gasteiger partial charge >= 0.3 is 0 Å². The Morgan fingerprint density at radius 2 is 1.96 bits per heavy atom. The monoisotopic (exact) mass is 389 g/mol. The van der Waals surface area contributed by atoms with Crippen LogP contribution in [-0.4, -0.2) is 30.9 Å². The third-order valence-corrected chi connectivity index (χ3v) is 4.89. The molecule has 140 valence electrons. The van der Waals surface area contributed by atoms with Gasteiger partial charge in [-0.05, 0) is 38.1 Å². The summed E-state index contributed by atoms with van der Waals surface area (Å²) in [6.07, 6.45) is 3.34. The third kappa shape index (κ3) is 4.30. The summed E-state index contributed by atoms with van der Waals surface area (Å²) in [5.41, 5.74) is 0.806. The zero-order chi connectivity index (χ0) is 19.4. The molecule has 1 N–H and O–H groups in total. The van der Waals surface area contributed by atoms with E-state index in [1.807, 2.05) is 23.6 Å². The predicted octanol–water partition coefficient (Wildman–Crippen LogP) is 3.76. The van der Waals surface area contributed by atoms with Crippen LogP contribution in [0.4, 0.5) is 14.5 Å². The lowest BCUT2D eigenvalue weighted by atomic mass is 10.2. The second-order valence-corrected chi connectivity index (χ2v) is 6.97. The first-order valence-corrected chi connectivity index (χ1v) is 9.13. The highest BCUT2D eigenvalue weighted by Gasteiger charge is 2.21. The summed E-state index contributed by atoms with van der Waals surface area (Å²) in [7, 11) is 0. The van der Waals surface area contributed by atoms with Crippen molar-refractivity contribution in [2.75, 3.05) is 5.32 Å². The molecule has 6 nitrogen and oxygen atoms in total. The molecule has 3 rings (SSSR count). The lowest BCUT2D eigenvalue weighted by Crippen LogP contribution is -2.23. The number of nitrogens with zero attached hydrogens (tertiary/aromatic N) is 4. The number of rotatable bonds is 6. The third-order valence-electron chi connectivity index (χ3n) is 3.81. The van der Waals surface area contributed by atoms with Crippen molar-refractivity contribution in [2.45, 2.75) is 30.8 Å². The number of hydrogen-bond donors (Lipinski definition) is 1. The molecule has 2 heterocycles. The van der Waals surface area contributed by atoms with Crippen LogP contribution in [0.1, 0.15) is 13.8 Å². The molecule has 0 spiro atoms. The molecule has 0 saturated carbocycles. The molecule has 0 unspecified atom stereocenters. The quantitative estimate of drug-likeness (QED) is 0.650. The zero-order valence-corrected chi connectivity index (χ0v) is 15.5. The van der Waals surface area contributed by atoms with Gasteiger partial charge in [0.25, 0.3) is 0 Å². The van der Waals surface area contributed by atoms with Crippen LogP contribution in [-0.2, 0) is 11.3 Å². The molecule has 0 aliphatic carbocycles. The average molecular weight is 389 g/mol. The summed E-state index contributed by atoms with van der Waals surface area (Å²) >= 11 is 1.21. The number of carbonyl (C=O) groups excluding carboxylic acids is 1. The molecule has 1 amide bonds. The Morgan fingerprint density at radius 3 is 2.63 bits per heavy atom. The zero-order valence-electron chi connectivity index (χ0n) is 14.7. The van der Waals surface area contributed by atoms with E-state index in [4.69, 9.17) is 0 Å². The lowest BCUT2D eigenvalue weighted by molar-refractivity contribution is -0.115. The van der Waals surface area contributed by atoms with Crippen LogP contribution in [0.2, 0.25) is 0 Å². The molecule has 1 aromatic carbocycles. The number of benzene rings is 1. The minimum Gasteiger partial charge on any atom is -0.323 e. The Kier molecular flexibility index (Phi) is 5.80. The van der Waals surface area contributed by atoms with Gasteiger partial charge in [0.15, 0.2) is 11.0 Å². The van der Waals surface area contributed by atoms with Gasteiger partial charge in [-0.1, -0.05) is 11.8 Å². The molecule has 27 heavy (non-hydrogen) atoms. The molecule has 0 fully saturated rings. The molecular formula is C18H17F2N5OS. The first-order chi connectivity index (χ1) is 13.0. The summed E-state index contributed by atoms with van der Waals surface area (Å²) in [5.74, 6) is -1.26. The van der Waals surface area contributed by atoms with E-state index >= 15 is 0 Å². The fraction of sp³-hybridized carbons (Fsp3) is 0.222. The number of nitrogens with one attached hydrogen (secondary N) is 1. The summed E-state index contributed by atoms with van der Waals surface area (Å²) in [6.45, 7) is 4.26. The van der Waals surface area contributed by atoms with Gasteiger partial charge in [0.05, 0.1) is 10.9 Å². The predicted molar refractivity (Wildman–Crippen MR) is 99.2 cm³/mol. The first kappa shape index (κ1) is 19.0. The van der Waals surface area contributed by atoms with E-state index in [1.165, 1.54) is 17.8 Å². The number of pyridine rings is 1. The number of hydrogen-bond acceptors (Lipinski definition) is 5. The minimum atomic E-state index is -0.822. The SMILES string of the molecule is CCn1c(S[C@@H](C)C(=O)Nc2ccc(F)cc2F)nnc1-c1ccncc1. The summed E-state index contributed by atoms with van der Waals surface area (Å²) in [6, 6.07) is 6.67. The fourth-order valence-electron chi connectivity index (χ4n) is 2.41. The number of amides is 1. The molecule has 9 heteroatoms. The van der Waals surface area contributed by atoms with Gasteiger partial charge in [0.2, 0.25) is 5.91 Å². The Hall–Kier alpha value is -2.81. The van der Waals surface area contributed by atoms with Gasteiger partial charge in [-0.2, -0.15) is 0 Å². The Balaban J connectivity index is 1.75. The summed E-state index contributed by atoms with van der Waals surface area (Å²) in [5, 5.41) is 10.9. The summed E-state index contributed by atoms with van der Waals surface area (Å²) in [4.78, 5) is 16.4. The van der Waals surface area contributed by atoms with Crippen molar-refractivity contribution < 1.29 is 13.6 Å². The fourth-order valence-corrected chi connectivity index (χ4v) is 3.33. The molecule has 3 aromatic rings. The Morgan fingerprint density at radius 1 is 1.22 bits per heavy atom. The van der Waals surface area contributed by atoms with Crippen molar-refractivity contribution in [3.8, 4) is 11.4 Å². The van der Waals surface area contributed by atoms with Crippen molar-refractivity contribution in [3.63, 3.8) is 0 Å². The van der Waals surface area contributed by atoms with Crippen LogP contribution < -0.4 is 5.32 Å². The van der Waals surface area contributed by atoms with Crippen molar-refractivity contribution in [1.82, 2.24) is 19.7 Å². The standard InChI is InChI=1S/C18H17F2N5OS/c1-3-25-16(12-6-8-21-9-7-12)23-24-18(25)27-11(2)17(26)22-15-5-4-13(19)10-14(15)20/h4-11H,3H2,1-2H3,(H,22,26)/t11-/m0/s1. The van der Waals surface area contributed by atoms with Gasteiger partial charge in [-0.25, -0.2) is 8.78 Å². The molecular weight excluding hydrogens is 372 g/mol. The van der Waals surface area contributed by atoms with Crippen LogP contribution in [0.15, 0.2) is 47.9 Å². The van der Waals surface area contributed by atoms with E-state index in [9.17, 15) is 13.6 Å².